The van der Waals surface area contributed by atoms with Crippen molar-refractivity contribution in [2.75, 3.05) is 0 Å². The van der Waals surface area contributed by atoms with Crippen LogP contribution in [-0.4, -0.2) is 12.3 Å². The van der Waals surface area contributed by atoms with Crippen LogP contribution in [0, 0.1) is 17.8 Å². The molecule has 0 amide bonds. The third-order valence-electron chi connectivity index (χ3n) is 4.86. The highest BCUT2D eigenvalue weighted by molar-refractivity contribution is 5.68. The van der Waals surface area contributed by atoms with Crippen molar-refractivity contribution in [3.05, 3.63) is 11.6 Å². The number of allylic oxidation sites excluding steroid dienone is 1. The van der Waals surface area contributed by atoms with E-state index in [0.717, 1.165) is 11.8 Å². The zero-order valence-corrected chi connectivity index (χ0v) is 14.4. The van der Waals surface area contributed by atoms with Crippen molar-refractivity contribution in [1.82, 2.24) is 0 Å². The average Bonchev–Trinajstić information content (AvgIpc) is 2.41. The van der Waals surface area contributed by atoms with Crippen molar-refractivity contribution >= 4 is 6.21 Å². The molecule has 1 heterocycles. The molecular formula is C19H35N. The highest BCUT2D eigenvalue weighted by atomic mass is 14.9. The molecule has 1 heteroatoms. The Kier molecular flexibility index (Phi) is 8.18. The topological polar surface area (TPSA) is 12.4 Å². The van der Waals surface area contributed by atoms with E-state index in [1.165, 1.54) is 44.9 Å². The lowest BCUT2D eigenvalue weighted by atomic mass is 9.77. The summed E-state index contributed by atoms with van der Waals surface area (Å²) in [7, 11) is 0. The van der Waals surface area contributed by atoms with Crippen molar-refractivity contribution < 1.29 is 0 Å². The summed E-state index contributed by atoms with van der Waals surface area (Å²) in [5.74, 6) is 2.19. The molecular weight excluding hydrogens is 242 g/mol. The fourth-order valence-corrected chi connectivity index (χ4v) is 3.42. The van der Waals surface area contributed by atoms with Crippen molar-refractivity contribution in [2.45, 2.75) is 85.6 Å². The van der Waals surface area contributed by atoms with Crippen LogP contribution in [-0.2, 0) is 0 Å². The lowest BCUT2D eigenvalue weighted by Crippen LogP contribution is -2.36. The van der Waals surface area contributed by atoms with Gasteiger partial charge in [-0.2, -0.15) is 0 Å². The van der Waals surface area contributed by atoms with E-state index in [-0.39, 0.29) is 0 Å². The van der Waals surface area contributed by atoms with Gasteiger partial charge in [0, 0.05) is 12.1 Å². The van der Waals surface area contributed by atoms with Gasteiger partial charge in [0.1, 0.15) is 0 Å². The first-order chi connectivity index (χ1) is 9.63. The van der Waals surface area contributed by atoms with Gasteiger partial charge in [-0.25, -0.2) is 0 Å². The van der Waals surface area contributed by atoms with Gasteiger partial charge in [-0.15, -0.1) is 0 Å². The minimum Gasteiger partial charge on any atom is -0.293 e. The summed E-state index contributed by atoms with van der Waals surface area (Å²) in [6.45, 7) is 11.6. The van der Waals surface area contributed by atoms with Crippen LogP contribution in [0.2, 0.25) is 0 Å². The predicted octanol–water partition coefficient (Wildman–Crippen LogP) is 6.04. The van der Waals surface area contributed by atoms with Gasteiger partial charge < -0.3 is 0 Å². The second-order valence-corrected chi connectivity index (χ2v) is 6.70. The summed E-state index contributed by atoms with van der Waals surface area (Å²) in [5.41, 5.74) is 1.64. The predicted molar refractivity (Wildman–Crippen MR) is 91.5 cm³/mol. The summed E-state index contributed by atoms with van der Waals surface area (Å²) in [6, 6.07) is 0.559. The first-order valence-electron chi connectivity index (χ1n) is 8.82. The number of aliphatic imine (C=N–C) groups is 1. The summed E-state index contributed by atoms with van der Waals surface area (Å²) in [5, 5.41) is 0. The van der Waals surface area contributed by atoms with E-state index in [1.807, 2.05) is 0 Å². The van der Waals surface area contributed by atoms with Gasteiger partial charge in [-0.3, -0.25) is 4.99 Å². The zero-order chi connectivity index (χ0) is 15.0. The Morgan fingerprint density at radius 1 is 1.20 bits per heavy atom. The lowest BCUT2D eigenvalue weighted by Gasteiger charge is -2.35. The zero-order valence-electron chi connectivity index (χ0n) is 14.4. The molecule has 0 saturated heterocycles. The van der Waals surface area contributed by atoms with E-state index >= 15 is 0 Å². The monoisotopic (exact) mass is 277 g/mol. The van der Waals surface area contributed by atoms with Crippen molar-refractivity contribution in [1.29, 1.82) is 0 Å². The molecule has 20 heavy (non-hydrogen) atoms. The molecule has 0 aromatic heterocycles. The number of nitrogens with zero attached hydrogens (tertiary/aromatic N) is 1. The number of unbranched alkanes of at least 4 members (excludes halogenated alkanes) is 2. The van der Waals surface area contributed by atoms with E-state index < -0.39 is 0 Å². The number of hydrogen-bond donors (Lipinski definition) is 0. The van der Waals surface area contributed by atoms with Crippen LogP contribution < -0.4 is 0 Å². The molecule has 0 radical (unpaired) electrons. The van der Waals surface area contributed by atoms with Gasteiger partial charge >= 0.3 is 0 Å². The van der Waals surface area contributed by atoms with E-state index in [1.54, 1.807) is 5.57 Å². The Labute approximate surface area is 127 Å². The normalized spacial score (nSPS) is 25.4. The molecule has 0 aliphatic carbocycles. The SMILES string of the molecule is C/C=C(\CC(C)CCCCC)C(C)C1N=CC1CCC. The second-order valence-electron chi connectivity index (χ2n) is 6.70. The summed E-state index contributed by atoms with van der Waals surface area (Å²) < 4.78 is 0. The highest BCUT2D eigenvalue weighted by Gasteiger charge is 2.32. The summed E-state index contributed by atoms with van der Waals surface area (Å²) in [4.78, 5) is 4.65. The molecule has 0 bridgehead atoms. The van der Waals surface area contributed by atoms with Crippen molar-refractivity contribution in [2.24, 2.45) is 22.7 Å². The molecule has 1 rings (SSSR count). The van der Waals surface area contributed by atoms with Crippen LogP contribution in [0.3, 0.4) is 0 Å². The maximum absolute atomic E-state index is 4.65. The molecule has 1 nitrogen and oxygen atoms in total. The molecule has 0 spiro atoms. The fraction of sp³-hybridized carbons (Fsp3) is 0.842. The quantitative estimate of drug-likeness (QED) is 0.341. The molecule has 4 atom stereocenters. The van der Waals surface area contributed by atoms with Crippen molar-refractivity contribution in [3.63, 3.8) is 0 Å². The molecule has 1 aliphatic heterocycles. The van der Waals surface area contributed by atoms with Crippen LogP contribution in [0.15, 0.2) is 16.6 Å². The van der Waals surface area contributed by atoms with Gasteiger partial charge in [0.15, 0.2) is 0 Å². The Balaban J connectivity index is 2.44. The highest BCUT2D eigenvalue weighted by Crippen LogP contribution is 2.34. The fourth-order valence-electron chi connectivity index (χ4n) is 3.42. The van der Waals surface area contributed by atoms with Gasteiger partial charge in [-0.1, -0.05) is 71.4 Å². The van der Waals surface area contributed by atoms with E-state index in [2.05, 4.69) is 51.9 Å². The first kappa shape index (κ1) is 17.5. The number of rotatable bonds is 10. The Bertz CT molecular complexity index is 316. The van der Waals surface area contributed by atoms with E-state index in [9.17, 15) is 0 Å². The molecule has 0 N–H and O–H groups in total. The molecule has 0 aromatic rings. The second kappa shape index (κ2) is 9.37. The largest absolute Gasteiger partial charge is 0.293 e. The molecule has 1 aliphatic rings. The minimum absolute atomic E-state index is 0.559. The molecule has 4 unspecified atom stereocenters. The molecule has 116 valence electrons. The third-order valence-corrected chi connectivity index (χ3v) is 4.86. The lowest BCUT2D eigenvalue weighted by molar-refractivity contribution is 0.360. The van der Waals surface area contributed by atoms with Crippen LogP contribution in [0.4, 0.5) is 0 Å². The van der Waals surface area contributed by atoms with Crippen LogP contribution in [0.25, 0.3) is 0 Å². The van der Waals surface area contributed by atoms with Gasteiger partial charge in [0.25, 0.3) is 0 Å². The van der Waals surface area contributed by atoms with Gasteiger partial charge in [0.2, 0.25) is 0 Å². The average molecular weight is 277 g/mol. The van der Waals surface area contributed by atoms with Crippen LogP contribution >= 0.6 is 0 Å². The molecule has 0 saturated carbocycles. The summed E-state index contributed by atoms with van der Waals surface area (Å²) in [6.07, 6.45) is 13.9. The van der Waals surface area contributed by atoms with Crippen LogP contribution in [0.1, 0.15) is 79.6 Å². The summed E-state index contributed by atoms with van der Waals surface area (Å²) >= 11 is 0. The smallest absolute Gasteiger partial charge is 0.0635 e. The van der Waals surface area contributed by atoms with Gasteiger partial charge in [-0.05, 0) is 31.6 Å². The number of hydrogen-bond acceptors (Lipinski definition) is 1. The Hall–Kier alpha value is -0.590. The van der Waals surface area contributed by atoms with Crippen LogP contribution in [0.5, 0.6) is 0 Å². The minimum atomic E-state index is 0.559. The maximum Gasteiger partial charge on any atom is 0.0635 e. The van der Waals surface area contributed by atoms with Gasteiger partial charge in [0.05, 0.1) is 6.04 Å². The molecule has 0 aromatic carbocycles. The van der Waals surface area contributed by atoms with E-state index in [4.69, 9.17) is 0 Å². The van der Waals surface area contributed by atoms with E-state index in [0.29, 0.717) is 12.0 Å². The maximum atomic E-state index is 4.65. The Morgan fingerprint density at radius 2 is 1.95 bits per heavy atom. The standard InChI is InChI=1S/C19H35N/c1-6-9-10-12-15(4)13-17(8-3)16(5)19-18(11-7-2)14-20-19/h8,14-16,18-19H,6-7,9-13H2,1-5H3/b17-8+. The molecule has 0 fully saturated rings. The first-order valence-corrected chi connectivity index (χ1v) is 8.82. The van der Waals surface area contributed by atoms with Crippen molar-refractivity contribution in [3.8, 4) is 0 Å². The third kappa shape index (κ3) is 5.07. The Morgan fingerprint density at radius 3 is 2.45 bits per heavy atom.